The highest BCUT2D eigenvalue weighted by Crippen LogP contribution is 2.77. The largest absolute Gasteiger partial charge is 0.497 e. The number of benzene rings is 2. The highest BCUT2D eigenvalue weighted by molar-refractivity contribution is 6.03. The van der Waals surface area contributed by atoms with E-state index in [1.165, 1.54) is 5.57 Å². The van der Waals surface area contributed by atoms with Gasteiger partial charge in [-0.15, -0.1) is 0 Å². The standard InChI is InChI=1S/C58H79NO9/c1-35(2)46-42(60)31-58(34-59-50(63)54(7,8)51(64)67-33-37-18-20-38(65-12)21-19-37)29-28-56(10)39(47(46)58)22-23-44-55(9)26-25-45(53(5,6)43(55)24-27-57(44,56)11)68-49(62)41-30-40(52(41,3)4)48(61)66-32-36-16-14-13-15-17-36/h13-21,35,39-41,43-45H,22-34H2,1-12H3,(H,59,63)/t39-,40+,41-,43+,44-,45+,55+,56-,57-,58?/m1/s1. The molecule has 1 amide bonds. The summed E-state index contributed by atoms with van der Waals surface area (Å²) in [6.07, 6.45) is 8.31. The van der Waals surface area contributed by atoms with Crippen LogP contribution in [0.3, 0.4) is 0 Å². The van der Waals surface area contributed by atoms with Crippen LogP contribution in [0, 0.1) is 73.4 Å². The minimum atomic E-state index is -1.43. The van der Waals surface area contributed by atoms with Crippen molar-refractivity contribution in [2.45, 2.75) is 160 Å². The quantitative estimate of drug-likeness (QED) is 0.118. The van der Waals surface area contributed by atoms with Gasteiger partial charge in [-0.25, -0.2) is 0 Å². The molecule has 5 fully saturated rings. The molecule has 0 radical (unpaired) electrons. The molecule has 0 aliphatic heterocycles. The summed E-state index contributed by atoms with van der Waals surface area (Å²) in [7, 11) is 1.60. The molecule has 0 spiro atoms. The lowest BCUT2D eigenvalue weighted by Crippen LogP contribution is -2.66. The summed E-state index contributed by atoms with van der Waals surface area (Å²) in [5.41, 5.74) is 1.23. The third-order valence-electron chi connectivity index (χ3n) is 20.0. The molecule has 5 saturated carbocycles. The third-order valence-corrected chi connectivity index (χ3v) is 20.0. The molecular weight excluding hydrogens is 855 g/mol. The molecular formula is C58H79NO9. The van der Waals surface area contributed by atoms with Gasteiger partial charge < -0.3 is 24.3 Å². The van der Waals surface area contributed by atoms with E-state index in [0.29, 0.717) is 37.0 Å². The van der Waals surface area contributed by atoms with Crippen molar-refractivity contribution in [3.63, 3.8) is 0 Å². The normalized spacial score (nSPS) is 34.6. The van der Waals surface area contributed by atoms with E-state index in [9.17, 15) is 24.0 Å². The van der Waals surface area contributed by atoms with Crippen LogP contribution in [0.1, 0.15) is 151 Å². The number of hydrogen-bond donors (Lipinski definition) is 1. The molecule has 68 heavy (non-hydrogen) atoms. The van der Waals surface area contributed by atoms with Crippen molar-refractivity contribution >= 4 is 29.6 Å². The molecule has 0 bridgehead atoms. The van der Waals surface area contributed by atoms with Crippen molar-refractivity contribution in [2.24, 2.45) is 73.4 Å². The molecule has 8 rings (SSSR count). The highest BCUT2D eigenvalue weighted by atomic mass is 16.6. The number of nitrogens with one attached hydrogen (secondary N) is 1. The first-order valence-corrected chi connectivity index (χ1v) is 25.6. The number of esters is 3. The maximum Gasteiger partial charge on any atom is 0.321 e. The lowest BCUT2D eigenvalue weighted by atomic mass is 9.33. The van der Waals surface area contributed by atoms with Crippen LogP contribution in [-0.2, 0) is 51.4 Å². The van der Waals surface area contributed by atoms with Gasteiger partial charge in [-0.3, -0.25) is 24.0 Å². The molecule has 0 saturated heterocycles. The van der Waals surface area contributed by atoms with Crippen LogP contribution >= 0.6 is 0 Å². The molecule has 10 heteroatoms. The second kappa shape index (κ2) is 17.7. The lowest BCUT2D eigenvalue weighted by molar-refractivity contribution is -0.236. The number of ketones is 1. The topological polar surface area (TPSA) is 134 Å². The predicted octanol–water partition coefficient (Wildman–Crippen LogP) is 11.2. The fourth-order valence-corrected chi connectivity index (χ4v) is 15.5. The van der Waals surface area contributed by atoms with Crippen LogP contribution in [0.25, 0.3) is 0 Å². The van der Waals surface area contributed by atoms with Crippen LogP contribution in [0.2, 0.25) is 0 Å². The first-order chi connectivity index (χ1) is 31.9. The maximum absolute atomic E-state index is 14.3. The van der Waals surface area contributed by atoms with E-state index in [0.717, 1.165) is 68.1 Å². The van der Waals surface area contributed by atoms with Gasteiger partial charge in [0.2, 0.25) is 5.91 Å². The molecule has 1 N–H and O–H groups in total. The summed E-state index contributed by atoms with van der Waals surface area (Å²) in [4.78, 5) is 69.0. The van der Waals surface area contributed by atoms with Gasteiger partial charge in [0.15, 0.2) is 5.78 Å². The lowest BCUT2D eigenvalue weighted by Gasteiger charge is -2.72. The molecule has 6 aliphatic carbocycles. The fraction of sp³-hybridized carbons (Fsp3) is 0.672. The Kier molecular flexibility index (Phi) is 13.0. The van der Waals surface area contributed by atoms with Crippen LogP contribution in [0.4, 0.5) is 0 Å². The first kappa shape index (κ1) is 49.9. The Hall–Kier alpha value is -4.47. The zero-order valence-electron chi connectivity index (χ0n) is 43.1. The van der Waals surface area contributed by atoms with Gasteiger partial charge in [-0.1, -0.05) is 110 Å². The Labute approximate surface area is 405 Å². The number of amides is 1. The summed E-state index contributed by atoms with van der Waals surface area (Å²) < 4.78 is 23.2. The van der Waals surface area contributed by atoms with Gasteiger partial charge in [0.05, 0.1) is 18.9 Å². The number of carbonyl (C=O) groups excluding carboxylic acids is 5. The Morgan fingerprint density at radius 3 is 2.01 bits per heavy atom. The Balaban J connectivity index is 0.948. The third kappa shape index (κ3) is 8.03. The Morgan fingerprint density at radius 2 is 1.37 bits per heavy atom. The molecule has 10 nitrogen and oxygen atoms in total. The molecule has 10 atom stereocenters. The number of hydrogen-bond acceptors (Lipinski definition) is 9. The van der Waals surface area contributed by atoms with Crippen molar-refractivity contribution in [3.05, 3.63) is 76.9 Å². The van der Waals surface area contributed by atoms with Crippen molar-refractivity contribution < 1.29 is 42.9 Å². The van der Waals surface area contributed by atoms with Crippen LogP contribution in [0.15, 0.2) is 65.7 Å². The second-order valence-electron chi connectivity index (χ2n) is 24.7. The van der Waals surface area contributed by atoms with Crippen LogP contribution in [0.5, 0.6) is 5.75 Å². The second-order valence-corrected chi connectivity index (χ2v) is 24.7. The summed E-state index contributed by atoms with van der Waals surface area (Å²) in [6, 6.07) is 17.0. The molecule has 2 aromatic carbocycles. The van der Waals surface area contributed by atoms with E-state index >= 15 is 0 Å². The van der Waals surface area contributed by atoms with Crippen molar-refractivity contribution in [2.75, 3.05) is 13.7 Å². The Bertz CT molecular complexity index is 2330. The minimum Gasteiger partial charge on any atom is -0.497 e. The van der Waals surface area contributed by atoms with Gasteiger partial charge >= 0.3 is 17.9 Å². The number of ether oxygens (including phenoxy) is 4. The fourth-order valence-electron chi connectivity index (χ4n) is 15.5. The molecule has 0 aromatic heterocycles. The van der Waals surface area contributed by atoms with E-state index in [2.05, 4.69) is 53.8 Å². The van der Waals surface area contributed by atoms with Crippen LogP contribution in [-0.4, -0.2) is 49.4 Å². The summed E-state index contributed by atoms with van der Waals surface area (Å²) in [5, 5.41) is 3.21. The van der Waals surface area contributed by atoms with E-state index < -0.39 is 28.1 Å². The predicted molar refractivity (Wildman–Crippen MR) is 261 cm³/mol. The molecule has 1 unspecified atom stereocenters. The summed E-state index contributed by atoms with van der Waals surface area (Å²) in [5.74, 6) is -0.149. The number of carbonyl (C=O) groups is 5. The molecule has 0 heterocycles. The maximum atomic E-state index is 14.3. The first-order valence-electron chi connectivity index (χ1n) is 25.6. The smallest absolute Gasteiger partial charge is 0.321 e. The zero-order valence-corrected chi connectivity index (χ0v) is 43.1. The van der Waals surface area contributed by atoms with Gasteiger partial charge in [-0.2, -0.15) is 0 Å². The molecule has 2 aromatic rings. The number of fused-ring (bicyclic) bond motifs is 7. The van der Waals surface area contributed by atoms with Crippen molar-refractivity contribution in [3.8, 4) is 5.75 Å². The molecule has 370 valence electrons. The number of allylic oxidation sites excluding steroid dienone is 1. The monoisotopic (exact) mass is 934 g/mol. The summed E-state index contributed by atoms with van der Waals surface area (Å²) >= 11 is 0. The number of Topliss-reactive ketones (excluding diaryl/α,β-unsaturated/α-hetero) is 1. The minimum absolute atomic E-state index is 0.00656. The van der Waals surface area contributed by atoms with Gasteiger partial charge in [0, 0.05) is 23.8 Å². The Morgan fingerprint density at radius 1 is 0.721 bits per heavy atom. The van der Waals surface area contributed by atoms with E-state index in [4.69, 9.17) is 18.9 Å². The average molecular weight is 934 g/mol. The average Bonchev–Trinajstić information content (AvgIpc) is 3.60. The van der Waals surface area contributed by atoms with Gasteiger partial charge in [-0.05, 0) is 146 Å². The van der Waals surface area contributed by atoms with Gasteiger partial charge in [0.25, 0.3) is 0 Å². The summed E-state index contributed by atoms with van der Waals surface area (Å²) in [6.45, 7) is 24.4. The van der Waals surface area contributed by atoms with E-state index in [1.807, 2.05) is 68.4 Å². The van der Waals surface area contributed by atoms with Crippen molar-refractivity contribution in [1.29, 1.82) is 0 Å². The highest BCUT2D eigenvalue weighted by Gasteiger charge is 2.70. The zero-order chi connectivity index (χ0) is 49.4. The number of rotatable bonds is 13. The molecule has 6 aliphatic rings. The van der Waals surface area contributed by atoms with Gasteiger partial charge in [0.1, 0.15) is 30.5 Å². The van der Waals surface area contributed by atoms with E-state index in [1.54, 1.807) is 21.0 Å². The number of methoxy groups -OCH3 is 1. The van der Waals surface area contributed by atoms with Crippen LogP contribution < -0.4 is 10.1 Å². The van der Waals surface area contributed by atoms with E-state index in [-0.39, 0.29) is 82.4 Å². The van der Waals surface area contributed by atoms with Crippen molar-refractivity contribution in [1.82, 2.24) is 5.32 Å². The SMILES string of the molecule is COc1ccc(COC(=O)C(C)(C)C(=O)NCC23CC[C@]4(C)[C@H](CC[C@@H]5[C@@]6(C)CC[C@H](OC(=O)[C@H]7C[C@@H](C(=O)OCc8ccccc8)C7(C)C)C(C)(C)[C@@H]6CC[C@]54C)C2=C(C(C)C)C(=O)C3)cc1.